The fraction of sp³-hybridized carbons (Fsp3) is 0.167. The topological polar surface area (TPSA) is 26.0 Å². The Kier molecular flexibility index (Phi) is 3.02. The standard InChI is InChI=1S/C12H13N.ClH/c1-8-6-7-11(13)12-9(2)4-3-5-10(8)12;/h3-7H,13H2,1-2H3;1H. The zero-order valence-corrected chi connectivity index (χ0v) is 9.19. The molecule has 0 saturated carbocycles. The van der Waals surface area contributed by atoms with Crippen molar-refractivity contribution in [3.8, 4) is 0 Å². The lowest BCUT2D eigenvalue weighted by Gasteiger charge is -2.07. The zero-order valence-electron chi connectivity index (χ0n) is 8.37. The van der Waals surface area contributed by atoms with E-state index in [0.717, 1.165) is 5.69 Å². The maximum atomic E-state index is 5.93. The number of benzene rings is 2. The number of rotatable bonds is 0. The molecule has 0 unspecified atom stereocenters. The van der Waals surface area contributed by atoms with E-state index in [2.05, 4.69) is 38.1 Å². The van der Waals surface area contributed by atoms with Gasteiger partial charge in [-0.3, -0.25) is 0 Å². The number of fused-ring (bicyclic) bond motifs is 1. The Morgan fingerprint density at radius 2 is 1.64 bits per heavy atom. The van der Waals surface area contributed by atoms with E-state index in [1.165, 1.54) is 21.9 Å². The van der Waals surface area contributed by atoms with Gasteiger partial charge in [-0.2, -0.15) is 0 Å². The summed E-state index contributed by atoms with van der Waals surface area (Å²) < 4.78 is 0. The fourth-order valence-corrected chi connectivity index (χ4v) is 1.77. The number of halogens is 1. The van der Waals surface area contributed by atoms with Crippen molar-refractivity contribution in [3.63, 3.8) is 0 Å². The number of hydrogen-bond donors (Lipinski definition) is 1. The van der Waals surface area contributed by atoms with Crippen LogP contribution < -0.4 is 5.73 Å². The molecule has 0 aliphatic heterocycles. The predicted molar refractivity (Wildman–Crippen MR) is 65.1 cm³/mol. The van der Waals surface area contributed by atoms with Gasteiger partial charge >= 0.3 is 0 Å². The lowest BCUT2D eigenvalue weighted by Crippen LogP contribution is -1.90. The Balaban J connectivity index is 0.000000980. The van der Waals surface area contributed by atoms with Crippen molar-refractivity contribution in [1.29, 1.82) is 0 Å². The van der Waals surface area contributed by atoms with E-state index >= 15 is 0 Å². The summed E-state index contributed by atoms with van der Waals surface area (Å²) in [7, 11) is 0. The number of nitrogens with two attached hydrogens (primary N) is 1. The van der Waals surface area contributed by atoms with Crippen LogP contribution in [-0.2, 0) is 0 Å². The van der Waals surface area contributed by atoms with Gasteiger partial charge in [0.15, 0.2) is 0 Å². The minimum atomic E-state index is 0. The van der Waals surface area contributed by atoms with Gasteiger partial charge in [0.05, 0.1) is 0 Å². The molecule has 0 aliphatic carbocycles. The lowest BCUT2D eigenvalue weighted by atomic mass is 10.0. The van der Waals surface area contributed by atoms with Crippen molar-refractivity contribution < 1.29 is 0 Å². The highest BCUT2D eigenvalue weighted by Gasteiger charge is 2.02. The van der Waals surface area contributed by atoms with Crippen LogP contribution in [0.25, 0.3) is 10.8 Å². The molecule has 2 aromatic rings. The summed E-state index contributed by atoms with van der Waals surface area (Å²) in [6.45, 7) is 4.21. The van der Waals surface area contributed by atoms with Crippen LogP contribution in [-0.4, -0.2) is 0 Å². The van der Waals surface area contributed by atoms with Crippen molar-refractivity contribution in [2.24, 2.45) is 0 Å². The summed E-state index contributed by atoms with van der Waals surface area (Å²) in [4.78, 5) is 0. The molecule has 1 nitrogen and oxygen atoms in total. The first-order valence-electron chi connectivity index (χ1n) is 4.44. The number of anilines is 1. The van der Waals surface area contributed by atoms with Crippen molar-refractivity contribution in [2.45, 2.75) is 13.8 Å². The molecule has 2 aromatic carbocycles. The maximum absolute atomic E-state index is 5.93. The monoisotopic (exact) mass is 207 g/mol. The molecule has 0 saturated heterocycles. The third-order valence-corrected chi connectivity index (χ3v) is 2.50. The molecule has 2 N–H and O–H groups in total. The van der Waals surface area contributed by atoms with Gasteiger partial charge < -0.3 is 5.73 Å². The van der Waals surface area contributed by atoms with Gasteiger partial charge in [-0.05, 0) is 36.4 Å². The van der Waals surface area contributed by atoms with Gasteiger partial charge in [-0.1, -0.05) is 24.3 Å². The van der Waals surface area contributed by atoms with Crippen molar-refractivity contribution >= 4 is 28.9 Å². The first kappa shape index (κ1) is 10.9. The van der Waals surface area contributed by atoms with Crippen LogP contribution in [0.4, 0.5) is 5.69 Å². The van der Waals surface area contributed by atoms with E-state index in [0.29, 0.717) is 0 Å². The summed E-state index contributed by atoms with van der Waals surface area (Å²) >= 11 is 0. The van der Waals surface area contributed by atoms with Crippen LogP contribution in [0.2, 0.25) is 0 Å². The summed E-state index contributed by atoms with van der Waals surface area (Å²) in [6.07, 6.45) is 0. The quantitative estimate of drug-likeness (QED) is 0.658. The van der Waals surface area contributed by atoms with Crippen molar-refractivity contribution in [2.75, 3.05) is 5.73 Å². The molecular weight excluding hydrogens is 194 g/mol. The smallest absolute Gasteiger partial charge is 0.0396 e. The van der Waals surface area contributed by atoms with Gasteiger partial charge in [0.1, 0.15) is 0 Å². The second-order valence-corrected chi connectivity index (χ2v) is 3.47. The molecule has 0 bridgehead atoms. The molecule has 0 aliphatic rings. The Morgan fingerprint density at radius 3 is 2.29 bits per heavy atom. The van der Waals surface area contributed by atoms with Gasteiger partial charge in [-0.25, -0.2) is 0 Å². The first-order valence-corrected chi connectivity index (χ1v) is 4.44. The molecule has 0 heterocycles. The van der Waals surface area contributed by atoms with Gasteiger partial charge in [0.25, 0.3) is 0 Å². The number of aryl methyl sites for hydroxylation is 2. The summed E-state index contributed by atoms with van der Waals surface area (Å²) in [5.41, 5.74) is 9.33. The van der Waals surface area contributed by atoms with E-state index in [1.807, 2.05) is 6.07 Å². The van der Waals surface area contributed by atoms with Crippen LogP contribution in [0.3, 0.4) is 0 Å². The highest BCUT2D eigenvalue weighted by Crippen LogP contribution is 2.26. The fourth-order valence-electron chi connectivity index (χ4n) is 1.77. The second-order valence-electron chi connectivity index (χ2n) is 3.47. The molecule has 0 radical (unpaired) electrons. The zero-order chi connectivity index (χ0) is 9.42. The van der Waals surface area contributed by atoms with Crippen LogP contribution in [0.5, 0.6) is 0 Å². The average Bonchev–Trinajstić information content (AvgIpc) is 2.12. The highest BCUT2D eigenvalue weighted by atomic mass is 35.5. The third kappa shape index (κ3) is 1.55. The Morgan fingerprint density at radius 1 is 0.929 bits per heavy atom. The second kappa shape index (κ2) is 3.89. The van der Waals surface area contributed by atoms with E-state index in [1.54, 1.807) is 0 Å². The Hall–Kier alpha value is -1.21. The van der Waals surface area contributed by atoms with Crippen molar-refractivity contribution in [1.82, 2.24) is 0 Å². The molecule has 0 fully saturated rings. The Bertz CT molecular complexity index is 455. The van der Waals surface area contributed by atoms with Crippen molar-refractivity contribution in [3.05, 3.63) is 41.5 Å². The average molecular weight is 208 g/mol. The Labute approximate surface area is 90.3 Å². The molecule has 14 heavy (non-hydrogen) atoms. The maximum Gasteiger partial charge on any atom is 0.0396 e. The van der Waals surface area contributed by atoms with Gasteiger partial charge in [-0.15, -0.1) is 12.4 Å². The first-order chi connectivity index (χ1) is 6.20. The van der Waals surface area contributed by atoms with Crippen LogP contribution >= 0.6 is 12.4 Å². The molecule has 0 amide bonds. The van der Waals surface area contributed by atoms with Gasteiger partial charge in [0, 0.05) is 11.1 Å². The van der Waals surface area contributed by atoms with Crippen LogP contribution in [0.1, 0.15) is 11.1 Å². The third-order valence-electron chi connectivity index (χ3n) is 2.50. The molecule has 0 aromatic heterocycles. The number of hydrogen-bond acceptors (Lipinski definition) is 1. The molecular formula is C12H14ClN. The van der Waals surface area contributed by atoms with Crippen LogP contribution in [0.15, 0.2) is 30.3 Å². The minimum absolute atomic E-state index is 0. The molecule has 0 spiro atoms. The largest absolute Gasteiger partial charge is 0.398 e. The summed E-state index contributed by atoms with van der Waals surface area (Å²) in [5, 5.41) is 2.46. The van der Waals surface area contributed by atoms with E-state index in [9.17, 15) is 0 Å². The summed E-state index contributed by atoms with van der Waals surface area (Å²) in [5.74, 6) is 0. The van der Waals surface area contributed by atoms with E-state index in [4.69, 9.17) is 5.73 Å². The molecule has 2 rings (SSSR count). The molecule has 0 atom stereocenters. The minimum Gasteiger partial charge on any atom is -0.398 e. The number of nitrogen functional groups attached to an aromatic ring is 1. The summed E-state index contributed by atoms with van der Waals surface area (Å²) in [6, 6.07) is 10.3. The highest BCUT2D eigenvalue weighted by molar-refractivity contribution is 5.97. The predicted octanol–water partition coefficient (Wildman–Crippen LogP) is 3.46. The van der Waals surface area contributed by atoms with Gasteiger partial charge in [0.2, 0.25) is 0 Å². The SMILES string of the molecule is Cc1ccc(N)c2c(C)cccc12.Cl. The normalized spacial score (nSPS) is 9.86. The molecule has 74 valence electrons. The van der Waals surface area contributed by atoms with E-state index in [-0.39, 0.29) is 12.4 Å². The lowest BCUT2D eigenvalue weighted by molar-refractivity contribution is 1.48. The van der Waals surface area contributed by atoms with Crippen LogP contribution in [0, 0.1) is 13.8 Å². The molecule has 2 heteroatoms. The van der Waals surface area contributed by atoms with E-state index < -0.39 is 0 Å².